The number of nitrogens with zero attached hydrogens (tertiary/aromatic N) is 4. The minimum absolute atomic E-state index is 0.196. The van der Waals surface area contributed by atoms with Crippen LogP contribution in [0.4, 0.5) is 5.69 Å². The summed E-state index contributed by atoms with van der Waals surface area (Å²) in [6.07, 6.45) is 6.96. The van der Waals surface area contributed by atoms with Crippen LogP contribution in [0.3, 0.4) is 0 Å². The lowest BCUT2D eigenvalue weighted by Gasteiger charge is -2.09. The van der Waals surface area contributed by atoms with Crippen LogP contribution in [0, 0.1) is 0 Å². The van der Waals surface area contributed by atoms with Crippen LogP contribution in [0.15, 0.2) is 79.4 Å². The molecule has 1 N–H and O–H groups in total. The highest BCUT2D eigenvalue weighted by Gasteiger charge is 2.08. The Bertz CT molecular complexity index is 1140. The molecule has 4 rings (SSSR count). The predicted octanol–water partition coefficient (Wildman–Crippen LogP) is 4.89. The summed E-state index contributed by atoms with van der Waals surface area (Å²) in [6.45, 7) is 2.79. The van der Waals surface area contributed by atoms with Gasteiger partial charge < -0.3 is 14.8 Å². The van der Waals surface area contributed by atoms with E-state index < -0.39 is 0 Å². The van der Waals surface area contributed by atoms with Crippen LogP contribution in [0.1, 0.15) is 30.1 Å². The Hall–Kier alpha value is -4.20. The van der Waals surface area contributed by atoms with Gasteiger partial charge in [0.1, 0.15) is 17.8 Å². The lowest BCUT2D eigenvalue weighted by molar-refractivity contribution is 0.102. The lowest BCUT2D eigenvalue weighted by atomic mass is 10.2. The summed E-state index contributed by atoms with van der Waals surface area (Å²) in [4.78, 5) is 20.8. The number of aromatic nitrogens is 4. The molecule has 162 valence electrons. The van der Waals surface area contributed by atoms with E-state index in [2.05, 4.69) is 27.3 Å². The molecule has 0 aliphatic carbocycles. The fourth-order valence-corrected chi connectivity index (χ4v) is 2.88. The van der Waals surface area contributed by atoms with Gasteiger partial charge in [0.2, 0.25) is 5.88 Å². The van der Waals surface area contributed by atoms with E-state index in [0.29, 0.717) is 35.3 Å². The number of ether oxygens (including phenoxy) is 2. The van der Waals surface area contributed by atoms with E-state index in [-0.39, 0.29) is 5.91 Å². The monoisotopic (exact) mass is 429 g/mol. The fourth-order valence-electron chi connectivity index (χ4n) is 2.88. The molecule has 8 heteroatoms. The predicted molar refractivity (Wildman–Crippen MR) is 120 cm³/mol. The zero-order valence-corrected chi connectivity index (χ0v) is 17.6. The van der Waals surface area contributed by atoms with Crippen molar-refractivity contribution in [2.45, 2.75) is 19.8 Å². The number of unbranched alkanes of at least 4 members (excludes halogenated alkanes) is 1. The molecule has 0 unspecified atom stereocenters. The second-order valence-corrected chi connectivity index (χ2v) is 6.97. The summed E-state index contributed by atoms with van der Waals surface area (Å²) in [6, 6.07) is 17.7. The Balaban J connectivity index is 1.35. The first kappa shape index (κ1) is 21.0. The van der Waals surface area contributed by atoms with Gasteiger partial charge in [-0.2, -0.15) is 5.10 Å². The molecule has 0 aliphatic heterocycles. The number of amides is 1. The molecule has 1 amide bonds. The smallest absolute Gasteiger partial charge is 0.255 e. The van der Waals surface area contributed by atoms with E-state index in [0.717, 1.165) is 18.6 Å². The Morgan fingerprint density at radius 3 is 2.53 bits per heavy atom. The Morgan fingerprint density at radius 2 is 1.81 bits per heavy atom. The van der Waals surface area contributed by atoms with E-state index in [1.165, 1.54) is 6.33 Å². The average molecular weight is 429 g/mol. The van der Waals surface area contributed by atoms with Crippen molar-refractivity contribution in [1.82, 2.24) is 19.7 Å². The summed E-state index contributed by atoms with van der Waals surface area (Å²) in [5, 5.41) is 7.02. The highest BCUT2D eigenvalue weighted by atomic mass is 16.5. The number of carbonyl (C=O) groups is 1. The van der Waals surface area contributed by atoms with Crippen LogP contribution in [0.5, 0.6) is 17.4 Å². The standard InChI is InChI=1S/C24H23N5O3/c1-2-3-15-31-20-9-5-18(6-10-20)24(30)28-19-7-11-21(12-8-19)32-23-16-22(25-17-26-23)29-14-4-13-27-29/h4-14,16-17H,2-3,15H2,1H3,(H,28,30). The normalized spacial score (nSPS) is 10.5. The van der Waals surface area contributed by atoms with Crippen LogP contribution in [0.25, 0.3) is 5.82 Å². The molecule has 0 spiro atoms. The molecule has 0 aliphatic rings. The van der Waals surface area contributed by atoms with Gasteiger partial charge in [0.05, 0.1) is 6.61 Å². The van der Waals surface area contributed by atoms with Gasteiger partial charge in [-0.1, -0.05) is 13.3 Å². The molecular weight excluding hydrogens is 406 g/mol. The van der Waals surface area contributed by atoms with Crippen molar-refractivity contribution in [3.05, 3.63) is 84.9 Å². The van der Waals surface area contributed by atoms with Crippen LogP contribution in [0.2, 0.25) is 0 Å². The second-order valence-electron chi connectivity index (χ2n) is 6.97. The molecule has 8 nitrogen and oxygen atoms in total. The molecule has 32 heavy (non-hydrogen) atoms. The molecule has 0 atom stereocenters. The molecule has 2 aromatic heterocycles. The third kappa shape index (κ3) is 5.48. The minimum Gasteiger partial charge on any atom is -0.494 e. The number of carbonyl (C=O) groups excluding carboxylic acids is 1. The molecule has 0 radical (unpaired) electrons. The number of hydrogen-bond acceptors (Lipinski definition) is 6. The largest absolute Gasteiger partial charge is 0.494 e. The SMILES string of the molecule is CCCCOc1ccc(C(=O)Nc2ccc(Oc3cc(-n4cccn4)ncn3)cc2)cc1. The molecule has 0 bridgehead atoms. The fraction of sp³-hybridized carbons (Fsp3) is 0.167. The quantitative estimate of drug-likeness (QED) is 0.381. The van der Waals surface area contributed by atoms with Crippen molar-refractivity contribution in [2.24, 2.45) is 0 Å². The van der Waals surface area contributed by atoms with Crippen LogP contribution in [-0.2, 0) is 0 Å². The van der Waals surface area contributed by atoms with E-state index >= 15 is 0 Å². The maximum absolute atomic E-state index is 12.5. The van der Waals surface area contributed by atoms with Gasteiger partial charge in [-0.25, -0.2) is 14.6 Å². The molecule has 0 saturated carbocycles. The summed E-state index contributed by atoms with van der Waals surface area (Å²) < 4.78 is 13.0. The maximum Gasteiger partial charge on any atom is 0.255 e. The summed E-state index contributed by atoms with van der Waals surface area (Å²) in [5.74, 6) is 2.14. The van der Waals surface area contributed by atoms with E-state index in [1.807, 2.05) is 6.07 Å². The topological polar surface area (TPSA) is 91.2 Å². The lowest BCUT2D eigenvalue weighted by Crippen LogP contribution is -2.11. The van der Waals surface area contributed by atoms with Crippen LogP contribution in [-0.4, -0.2) is 32.3 Å². The second kappa shape index (κ2) is 10.2. The van der Waals surface area contributed by atoms with Gasteiger partial charge in [0, 0.05) is 29.7 Å². The zero-order valence-electron chi connectivity index (χ0n) is 17.6. The number of nitrogens with one attached hydrogen (secondary N) is 1. The van der Waals surface area contributed by atoms with Gasteiger partial charge in [-0.15, -0.1) is 0 Å². The van der Waals surface area contributed by atoms with Crippen molar-refractivity contribution in [3.63, 3.8) is 0 Å². The van der Waals surface area contributed by atoms with Gasteiger partial charge >= 0.3 is 0 Å². The third-order valence-electron chi connectivity index (χ3n) is 4.58. The van der Waals surface area contributed by atoms with E-state index in [9.17, 15) is 4.79 Å². The van der Waals surface area contributed by atoms with Gasteiger partial charge in [-0.3, -0.25) is 4.79 Å². The van der Waals surface area contributed by atoms with Crippen molar-refractivity contribution in [3.8, 4) is 23.2 Å². The number of rotatable bonds is 9. The third-order valence-corrected chi connectivity index (χ3v) is 4.58. The highest BCUT2D eigenvalue weighted by Crippen LogP contribution is 2.23. The molecule has 2 heterocycles. The van der Waals surface area contributed by atoms with Crippen LogP contribution >= 0.6 is 0 Å². The van der Waals surface area contributed by atoms with Gasteiger partial charge in [0.25, 0.3) is 5.91 Å². The van der Waals surface area contributed by atoms with E-state index in [1.54, 1.807) is 71.7 Å². The average Bonchev–Trinajstić information content (AvgIpc) is 3.36. The summed E-state index contributed by atoms with van der Waals surface area (Å²) in [5.41, 5.74) is 1.21. The first-order chi connectivity index (χ1) is 15.7. The molecule has 2 aromatic carbocycles. The number of benzene rings is 2. The number of anilines is 1. The summed E-state index contributed by atoms with van der Waals surface area (Å²) >= 11 is 0. The minimum atomic E-state index is -0.196. The van der Waals surface area contributed by atoms with E-state index in [4.69, 9.17) is 9.47 Å². The highest BCUT2D eigenvalue weighted by molar-refractivity contribution is 6.04. The molecule has 0 fully saturated rings. The van der Waals surface area contributed by atoms with Crippen molar-refractivity contribution >= 4 is 11.6 Å². The van der Waals surface area contributed by atoms with Crippen molar-refractivity contribution in [1.29, 1.82) is 0 Å². The first-order valence-corrected chi connectivity index (χ1v) is 10.4. The molecular formula is C24H23N5O3. The first-order valence-electron chi connectivity index (χ1n) is 10.4. The maximum atomic E-state index is 12.5. The van der Waals surface area contributed by atoms with Crippen LogP contribution < -0.4 is 14.8 Å². The van der Waals surface area contributed by atoms with Gasteiger partial charge in [0.15, 0.2) is 5.82 Å². The zero-order chi connectivity index (χ0) is 22.2. The molecule has 4 aromatic rings. The van der Waals surface area contributed by atoms with Crippen molar-refractivity contribution < 1.29 is 14.3 Å². The Labute approximate surface area is 185 Å². The Kier molecular flexibility index (Phi) is 6.72. The van der Waals surface area contributed by atoms with Crippen molar-refractivity contribution in [2.75, 3.05) is 11.9 Å². The summed E-state index contributed by atoms with van der Waals surface area (Å²) in [7, 11) is 0. The number of hydrogen-bond donors (Lipinski definition) is 1. The Morgan fingerprint density at radius 1 is 1.03 bits per heavy atom. The van der Waals surface area contributed by atoms with Gasteiger partial charge in [-0.05, 0) is 61.0 Å². The molecule has 0 saturated heterocycles.